The Labute approximate surface area is 147 Å². The van der Waals surface area contributed by atoms with Crippen LogP contribution in [0.25, 0.3) is 6.08 Å². The highest BCUT2D eigenvalue weighted by Crippen LogP contribution is 2.33. The van der Waals surface area contributed by atoms with Gasteiger partial charge in [0.1, 0.15) is 12.3 Å². The molecule has 25 heavy (non-hydrogen) atoms. The molecule has 1 aromatic carbocycles. The van der Waals surface area contributed by atoms with E-state index in [9.17, 15) is 19.2 Å². The van der Waals surface area contributed by atoms with Crippen LogP contribution in [-0.2, 0) is 19.1 Å². The molecule has 1 aliphatic heterocycles. The molecule has 0 atom stereocenters. The summed E-state index contributed by atoms with van der Waals surface area (Å²) in [5, 5.41) is 8.11. The molecule has 2 rings (SSSR count). The number of thioether (sulfide) groups is 1. The molecule has 8 nitrogen and oxygen atoms in total. The van der Waals surface area contributed by atoms with Gasteiger partial charge in [0.15, 0.2) is 6.61 Å². The second kappa shape index (κ2) is 8.34. The van der Waals surface area contributed by atoms with E-state index in [1.165, 1.54) is 6.08 Å². The zero-order valence-corrected chi connectivity index (χ0v) is 14.1. The summed E-state index contributed by atoms with van der Waals surface area (Å²) in [5.74, 6) is -2.15. The molecule has 0 aliphatic carbocycles. The first-order valence-electron chi connectivity index (χ1n) is 7.27. The number of hydrogen-bond donors (Lipinski definition) is 1. The van der Waals surface area contributed by atoms with Crippen molar-refractivity contribution >= 4 is 40.9 Å². The number of rotatable bonds is 7. The van der Waals surface area contributed by atoms with Crippen molar-refractivity contribution in [3.63, 3.8) is 0 Å². The largest absolute Gasteiger partial charge is 0.481 e. The second-order valence-electron chi connectivity index (χ2n) is 4.79. The summed E-state index contributed by atoms with van der Waals surface area (Å²) in [5.41, 5.74) is 0.479. The minimum atomic E-state index is -1.28. The fourth-order valence-corrected chi connectivity index (χ4v) is 2.81. The van der Waals surface area contributed by atoms with Gasteiger partial charge in [-0.15, -0.1) is 0 Å². The highest BCUT2D eigenvalue weighted by Gasteiger charge is 2.36. The van der Waals surface area contributed by atoms with Gasteiger partial charge in [-0.3, -0.25) is 19.3 Å². The molecule has 1 aliphatic rings. The summed E-state index contributed by atoms with van der Waals surface area (Å²) in [4.78, 5) is 46.8. The normalized spacial score (nSPS) is 15.6. The van der Waals surface area contributed by atoms with Crippen molar-refractivity contribution in [1.29, 1.82) is 0 Å². The number of carboxylic acids is 1. The zero-order valence-electron chi connectivity index (χ0n) is 13.3. The third kappa shape index (κ3) is 4.83. The van der Waals surface area contributed by atoms with E-state index >= 15 is 0 Å². The third-order valence-electron chi connectivity index (χ3n) is 3.02. The number of benzene rings is 1. The van der Waals surface area contributed by atoms with E-state index in [-0.39, 0.29) is 18.1 Å². The number of para-hydroxylation sites is 1. The summed E-state index contributed by atoms with van der Waals surface area (Å²) in [6, 6.07) is 6.64. The summed E-state index contributed by atoms with van der Waals surface area (Å²) in [6.07, 6.45) is 1.42. The molecular formula is C16H15NO7S. The summed E-state index contributed by atoms with van der Waals surface area (Å²) in [7, 11) is 0. The Morgan fingerprint density at radius 3 is 2.68 bits per heavy atom. The van der Waals surface area contributed by atoms with Gasteiger partial charge in [0, 0.05) is 5.56 Å². The van der Waals surface area contributed by atoms with Crippen molar-refractivity contribution in [3.05, 3.63) is 34.7 Å². The maximum atomic E-state index is 12.2. The number of hydrogen-bond acceptors (Lipinski definition) is 7. The number of aliphatic carboxylic acids is 1. The average Bonchev–Trinajstić information content (AvgIpc) is 2.81. The van der Waals surface area contributed by atoms with Crippen molar-refractivity contribution in [1.82, 2.24) is 4.90 Å². The molecule has 1 fully saturated rings. The molecule has 0 saturated carbocycles. The molecule has 1 aromatic rings. The quantitative estimate of drug-likeness (QED) is 0.575. The van der Waals surface area contributed by atoms with Crippen LogP contribution >= 0.6 is 11.8 Å². The molecule has 2 amide bonds. The lowest BCUT2D eigenvalue weighted by molar-refractivity contribution is -0.145. The monoisotopic (exact) mass is 365 g/mol. The SMILES string of the molecule is CCOC(=O)COc1ccccc1C=C1SC(=O)N(CC(=O)O)C1=O. The zero-order chi connectivity index (χ0) is 18.4. The van der Waals surface area contributed by atoms with Crippen LogP contribution < -0.4 is 4.74 Å². The van der Waals surface area contributed by atoms with Gasteiger partial charge < -0.3 is 14.6 Å². The van der Waals surface area contributed by atoms with E-state index in [0.29, 0.717) is 28.0 Å². The third-order valence-corrected chi connectivity index (χ3v) is 3.93. The lowest BCUT2D eigenvalue weighted by Gasteiger charge is -2.09. The molecule has 0 radical (unpaired) electrons. The molecule has 0 aromatic heterocycles. The highest BCUT2D eigenvalue weighted by molar-refractivity contribution is 8.18. The minimum absolute atomic E-state index is 0.0819. The van der Waals surface area contributed by atoms with Gasteiger partial charge in [-0.1, -0.05) is 18.2 Å². The Balaban J connectivity index is 2.18. The Kier molecular flexibility index (Phi) is 6.18. The lowest BCUT2D eigenvalue weighted by Crippen LogP contribution is -2.33. The molecule has 0 spiro atoms. The number of esters is 1. The fourth-order valence-electron chi connectivity index (χ4n) is 1.98. The Morgan fingerprint density at radius 1 is 1.28 bits per heavy atom. The van der Waals surface area contributed by atoms with E-state index in [4.69, 9.17) is 14.6 Å². The van der Waals surface area contributed by atoms with Crippen LogP contribution in [0.4, 0.5) is 4.79 Å². The average molecular weight is 365 g/mol. The predicted molar refractivity (Wildman–Crippen MR) is 88.9 cm³/mol. The van der Waals surface area contributed by atoms with Crippen LogP contribution in [0, 0.1) is 0 Å². The van der Waals surface area contributed by atoms with Gasteiger partial charge in [-0.2, -0.15) is 0 Å². The number of ether oxygens (including phenoxy) is 2. The van der Waals surface area contributed by atoms with Gasteiger partial charge in [-0.25, -0.2) is 4.79 Å². The molecule has 132 valence electrons. The second-order valence-corrected chi connectivity index (χ2v) is 5.79. The molecular weight excluding hydrogens is 350 g/mol. The molecule has 1 heterocycles. The highest BCUT2D eigenvalue weighted by atomic mass is 32.2. The maximum absolute atomic E-state index is 12.2. The Hall–Kier alpha value is -2.81. The van der Waals surface area contributed by atoms with Crippen LogP contribution in [0.1, 0.15) is 12.5 Å². The number of carbonyl (C=O) groups is 4. The van der Waals surface area contributed by atoms with E-state index < -0.39 is 29.6 Å². The summed E-state index contributed by atoms with van der Waals surface area (Å²) < 4.78 is 10.2. The van der Waals surface area contributed by atoms with Crippen molar-refractivity contribution in [2.45, 2.75) is 6.92 Å². The predicted octanol–water partition coefficient (Wildman–Crippen LogP) is 1.75. The van der Waals surface area contributed by atoms with Gasteiger partial charge in [-0.05, 0) is 30.8 Å². The molecule has 0 unspecified atom stereocenters. The van der Waals surface area contributed by atoms with Crippen LogP contribution in [0.3, 0.4) is 0 Å². The molecule has 9 heteroatoms. The van der Waals surface area contributed by atoms with Crippen molar-refractivity contribution in [2.24, 2.45) is 0 Å². The number of carboxylic acid groups (broad SMARTS) is 1. The van der Waals surface area contributed by atoms with E-state index in [1.54, 1.807) is 31.2 Å². The maximum Gasteiger partial charge on any atom is 0.344 e. The van der Waals surface area contributed by atoms with Crippen molar-refractivity contribution in [2.75, 3.05) is 19.8 Å². The van der Waals surface area contributed by atoms with E-state index in [1.807, 2.05) is 0 Å². The number of imide groups is 1. The standard InChI is InChI=1S/C16H15NO7S/c1-2-23-14(20)9-24-11-6-4-3-5-10(11)7-12-15(21)17(8-13(18)19)16(22)25-12/h3-7H,2,8-9H2,1H3,(H,18,19). The van der Waals surface area contributed by atoms with Crippen molar-refractivity contribution in [3.8, 4) is 5.75 Å². The number of carbonyl (C=O) groups excluding carboxylic acids is 3. The van der Waals surface area contributed by atoms with Crippen LogP contribution in [-0.4, -0.2) is 52.8 Å². The van der Waals surface area contributed by atoms with Gasteiger partial charge >= 0.3 is 11.9 Å². The van der Waals surface area contributed by atoms with Crippen LogP contribution in [0.5, 0.6) is 5.75 Å². The van der Waals surface area contributed by atoms with Gasteiger partial charge in [0.25, 0.3) is 11.1 Å². The smallest absolute Gasteiger partial charge is 0.344 e. The lowest BCUT2D eigenvalue weighted by atomic mass is 10.2. The summed E-state index contributed by atoms with van der Waals surface area (Å²) >= 11 is 0.648. The first-order valence-corrected chi connectivity index (χ1v) is 8.08. The van der Waals surface area contributed by atoms with Gasteiger partial charge in [0.2, 0.25) is 0 Å². The number of amides is 2. The summed E-state index contributed by atoms with van der Waals surface area (Å²) in [6.45, 7) is 0.932. The fraction of sp³-hybridized carbons (Fsp3) is 0.250. The molecule has 1 saturated heterocycles. The first kappa shape index (κ1) is 18.5. The molecule has 1 N–H and O–H groups in total. The van der Waals surface area contributed by atoms with E-state index in [0.717, 1.165) is 0 Å². The van der Waals surface area contributed by atoms with Gasteiger partial charge in [0.05, 0.1) is 11.5 Å². The van der Waals surface area contributed by atoms with Crippen LogP contribution in [0.15, 0.2) is 29.2 Å². The Morgan fingerprint density at radius 2 is 2.00 bits per heavy atom. The molecule has 0 bridgehead atoms. The van der Waals surface area contributed by atoms with Crippen molar-refractivity contribution < 1.29 is 33.8 Å². The number of nitrogens with zero attached hydrogens (tertiary/aromatic N) is 1. The topological polar surface area (TPSA) is 110 Å². The van der Waals surface area contributed by atoms with E-state index in [2.05, 4.69) is 0 Å². The van der Waals surface area contributed by atoms with Crippen LogP contribution in [0.2, 0.25) is 0 Å². The Bertz CT molecular complexity index is 744. The first-order chi connectivity index (χ1) is 11.9. The minimum Gasteiger partial charge on any atom is -0.481 e.